The molecule has 0 unspecified atom stereocenters. The van der Waals surface area contributed by atoms with Gasteiger partial charge in [-0.1, -0.05) is 202 Å². The van der Waals surface area contributed by atoms with Crippen LogP contribution in [0, 0.1) is 65.1 Å². The zero-order chi connectivity index (χ0) is 109. The summed E-state index contributed by atoms with van der Waals surface area (Å²) in [7, 11) is 0. The number of aliphatic imine (C=N–C) groups is 3. The van der Waals surface area contributed by atoms with Crippen LogP contribution in [0.3, 0.4) is 0 Å². The number of hydrogen-bond acceptors (Lipinski definition) is 22. The number of phenolic OH excluding ortho intramolecular Hbond substituents is 1. The van der Waals surface area contributed by atoms with E-state index < -0.39 is 155 Å². The SMILES string of the molecule is CCCCCCCCCCCCCCCC(=O)N[C@@H](Cc1cnc[nH]1)C(=O)C[C@@H](C)C(=O)N[C@H](C(=O)C[C@@H](Cc1cnc[nH]1)C(=O)N[C@@H](C)C(C)=O)C(C)C.CC[C@@H](Cc1ccc(O)cc1)C(=O)N[C@@H](CCCN=C(N)N)C(=O)C[C@@H](Cc1cnc[nH]1)C(=O)N[C@@H](CCCN=C(N)N)C(=O)C[C@@H](CCCN=C(N)N)C(=O)N[C@@H](CC(C)C)C(=O)C[C@@H](CC(C)C)C(=O)N[C@@H](Cc1ccccc1)C(=O)C[C@H](C(N)=O)[C@@H](C)CC. The molecule has 2 aromatic carbocycles. The van der Waals surface area contributed by atoms with E-state index >= 15 is 0 Å². The van der Waals surface area contributed by atoms with Crippen molar-refractivity contribution in [3.8, 4) is 5.75 Å². The maximum absolute atomic E-state index is 14.9. The molecule has 0 aliphatic carbocycles. The number of nitrogens with zero attached hydrogens (tertiary/aromatic N) is 6. The molecule has 0 bridgehead atoms. The molecule has 39 nitrogen and oxygen atoms in total. The van der Waals surface area contributed by atoms with Crippen molar-refractivity contribution in [2.75, 3.05) is 19.6 Å². The van der Waals surface area contributed by atoms with Crippen LogP contribution in [0.2, 0.25) is 0 Å². The number of aromatic amines is 3. The third kappa shape index (κ3) is 51.8. The number of carbonyl (C=O) groups excluding carboxylic acids is 15. The third-order valence-corrected chi connectivity index (χ3v) is 26.6. The number of amides is 8. The summed E-state index contributed by atoms with van der Waals surface area (Å²) < 4.78 is 0. The molecule has 25 N–H and O–H groups in total. The summed E-state index contributed by atoms with van der Waals surface area (Å²) >= 11 is 0. The van der Waals surface area contributed by atoms with Crippen molar-refractivity contribution in [2.24, 2.45) is 120 Å². The number of imidazole rings is 3. The molecule has 0 aliphatic heterocycles. The van der Waals surface area contributed by atoms with Crippen molar-refractivity contribution < 1.29 is 77.0 Å². The number of aromatic nitrogens is 6. The van der Waals surface area contributed by atoms with E-state index in [9.17, 15) is 77.0 Å². The number of guanidine groups is 3. The zero-order valence-corrected chi connectivity index (χ0v) is 89.2. The lowest BCUT2D eigenvalue weighted by Crippen LogP contribution is -2.49. The Morgan fingerprint density at radius 3 is 1.22 bits per heavy atom. The fourth-order valence-corrected chi connectivity index (χ4v) is 17.6. The highest BCUT2D eigenvalue weighted by Crippen LogP contribution is 2.28. The van der Waals surface area contributed by atoms with Crippen LogP contribution < -0.4 is 77.4 Å². The standard InChI is InChI=1S/C66H104N16O10.C42H69N7O6/c1-8-41(7)50(59(67)88)36-58(87)54(31-42-16-11-10-12-17-42)82-62(91)46(28-39(3)4)34-57(86)53(29-40(5)6)81-61(90)45(18-13-25-75-64(68)69)33-55(84)51(19-14-26-76-65(70)71)80-63(92)47(32-48-37-74-38-78-48)35-56(85)52(20-15-27-77-66(72)73)79-60(89)44(9-2)30-43-21-23-49(83)24-22-43;1-7-8-9-10-11-12-13-14-15-16-17-18-19-20-39(53)48-36(24-35-26-44-28-46-35)37(51)21-30(4)41(54)49-40(29(2)3)38(52)23-33(22-34-25-43-27-45-34)42(55)47-31(5)32(6)50/h10-12,16-17,21-24,37-41,44-47,50-54,83H,8-9,13-15,18-20,25-36H2,1-7H3,(H2,67,88)(H,74,78)(H,79,89)(H,80,92)(H,81,90)(H,82,91)(H4,68,69,75)(H4,70,71,76)(H4,72,73,77);25-31,33,36,40H,7-24H2,1-6H3,(H,43,45)(H,44,46)(H,47,55)(H,48,53)(H,49,54)/t41-,44-,45+,46+,47+,50-,51-,52-,53-,54-;30-,31+,33-,36+,40+/m01/s1. The van der Waals surface area contributed by atoms with E-state index in [0.29, 0.717) is 42.8 Å². The van der Waals surface area contributed by atoms with E-state index in [4.69, 9.17) is 40.1 Å². The molecule has 5 aromatic rings. The molecule has 39 heteroatoms. The smallest absolute Gasteiger partial charge is 0.224 e. The van der Waals surface area contributed by atoms with Gasteiger partial charge in [0.15, 0.2) is 58.4 Å². The fraction of sp³-hybridized carbons (Fsp3) is 0.639. The van der Waals surface area contributed by atoms with Crippen molar-refractivity contribution in [3.63, 3.8) is 0 Å². The average molecular weight is 2050 g/mol. The summed E-state index contributed by atoms with van der Waals surface area (Å²) in [6.45, 7) is 23.9. The molecular formula is C108H173N23O16. The first-order chi connectivity index (χ1) is 69.9. The van der Waals surface area contributed by atoms with E-state index in [1.807, 2.05) is 78.8 Å². The van der Waals surface area contributed by atoms with E-state index in [1.54, 1.807) is 52.2 Å². The first-order valence-corrected chi connectivity index (χ1v) is 52.9. The highest BCUT2D eigenvalue weighted by atomic mass is 16.3. The fourth-order valence-electron chi connectivity index (χ4n) is 17.6. The number of ketones is 7. The van der Waals surface area contributed by atoms with Gasteiger partial charge in [0.05, 0.1) is 73.1 Å². The number of carbonyl (C=O) groups is 15. The van der Waals surface area contributed by atoms with Crippen LogP contribution in [-0.2, 0) is 104 Å². The van der Waals surface area contributed by atoms with E-state index in [1.165, 1.54) is 108 Å². The summed E-state index contributed by atoms with van der Waals surface area (Å²) in [4.78, 5) is 241. The van der Waals surface area contributed by atoms with Crippen molar-refractivity contribution in [1.29, 1.82) is 0 Å². The number of unbranched alkanes of at least 4 members (excludes halogenated alkanes) is 12. The number of benzene rings is 2. The van der Waals surface area contributed by atoms with Gasteiger partial charge in [0, 0.05) is 149 Å². The number of nitrogens with two attached hydrogens (primary N) is 7. The van der Waals surface area contributed by atoms with Gasteiger partial charge in [-0.2, -0.15) is 0 Å². The number of hydrogen-bond donors (Lipinski definition) is 18. The molecule has 0 radical (unpaired) electrons. The Bertz CT molecular complexity index is 4900. The molecule has 0 spiro atoms. The highest BCUT2D eigenvalue weighted by Gasteiger charge is 2.40. The summed E-state index contributed by atoms with van der Waals surface area (Å²) in [5.74, 6) is -14.0. The maximum atomic E-state index is 14.9. The van der Waals surface area contributed by atoms with Gasteiger partial charge in [-0.25, -0.2) is 15.0 Å². The number of phenols is 1. The Morgan fingerprint density at radius 2 is 0.769 bits per heavy atom. The summed E-state index contributed by atoms with van der Waals surface area (Å²) in [6.07, 6.45) is 26.6. The van der Waals surface area contributed by atoms with Gasteiger partial charge >= 0.3 is 0 Å². The van der Waals surface area contributed by atoms with Crippen molar-refractivity contribution in [1.82, 2.24) is 67.1 Å². The topological polar surface area (TPSA) is 666 Å². The van der Waals surface area contributed by atoms with Gasteiger partial charge in [-0.3, -0.25) is 86.9 Å². The molecule has 0 fully saturated rings. The number of H-pyrrole nitrogens is 3. The van der Waals surface area contributed by atoms with Gasteiger partial charge in [-0.15, -0.1) is 0 Å². The quantitative estimate of drug-likeness (QED) is 0.00978. The lowest BCUT2D eigenvalue weighted by atomic mass is 9.84. The third-order valence-electron chi connectivity index (χ3n) is 26.6. The Labute approximate surface area is 868 Å². The molecule has 5 rings (SSSR count). The van der Waals surface area contributed by atoms with Crippen LogP contribution in [0.1, 0.15) is 311 Å². The van der Waals surface area contributed by atoms with Gasteiger partial charge in [-0.05, 0) is 138 Å². The molecule has 0 saturated heterocycles. The molecule has 147 heavy (non-hydrogen) atoms. The number of Topliss-reactive ketones (excluding diaryl/α,β-unsaturated/α-hetero) is 7. The average Bonchev–Trinajstić information content (AvgIpc) is 1.23. The summed E-state index contributed by atoms with van der Waals surface area (Å²) in [5, 5.41) is 29.9. The van der Waals surface area contributed by atoms with Crippen molar-refractivity contribution >= 4 is 106 Å². The summed E-state index contributed by atoms with van der Waals surface area (Å²) in [5.41, 5.74) is 43.0. The minimum Gasteiger partial charge on any atom is -0.508 e. The van der Waals surface area contributed by atoms with E-state index in [2.05, 4.69) is 89.0 Å². The van der Waals surface area contributed by atoms with Gasteiger partial charge in [0.2, 0.25) is 47.3 Å². The largest absolute Gasteiger partial charge is 0.508 e. The van der Waals surface area contributed by atoms with Crippen LogP contribution in [-0.4, -0.2) is 203 Å². The van der Waals surface area contributed by atoms with Gasteiger partial charge < -0.3 is 97.4 Å². The Morgan fingerprint density at radius 1 is 0.367 bits per heavy atom. The minimum absolute atomic E-state index is 0.00746. The molecule has 0 saturated carbocycles. The molecular weight excluding hydrogens is 1880 g/mol. The molecule has 0 aliphatic rings. The second kappa shape index (κ2) is 70.1. The molecule has 816 valence electrons. The predicted octanol–water partition coefficient (Wildman–Crippen LogP) is 9.48. The molecule has 3 heterocycles. The molecule has 3 aromatic heterocycles. The second-order valence-electron chi connectivity index (χ2n) is 40.6. The Balaban J connectivity index is 0.000000695. The first kappa shape index (κ1) is 126. The first-order valence-electron chi connectivity index (χ1n) is 52.9. The number of rotatable bonds is 77. The van der Waals surface area contributed by atoms with Gasteiger partial charge in [0.1, 0.15) is 5.75 Å². The van der Waals surface area contributed by atoms with Crippen LogP contribution >= 0.6 is 0 Å². The van der Waals surface area contributed by atoms with E-state index in [-0.39, 0.29) is 199 Å². The number of aromatic hydroxyl groups is 1. The minimum atomic E-state index is -1.26. The Hall–Kier alpha value is -12.9. The second-order valence-corrected chi connectivity index (χ2v) is 40.6. The lowest BCUT2D eigenvalue weighted by molar-refractivity contribution is -0.136. The van der Waals surface area contributed by atoms with Gasteiger partial charge in [0.25, 0.3) is 0 Å². The van der Waals surface area contributed by atoms with Crippen LogP contribution in [0.15, 0.2) is 107 Å². The Kier molecular flexibility index (Phi) is 60.3. The molecule has 15 atom stereocenters. The normalized spacial score (nSPS) is 14.4. The molecule has 8 amide bonds. The van der Waals surface area contributed by atoms with Crippen molar-refractivity contribution in [3.05, 3.63) is 120 Å². The maximum Gasteiger partial charge on any atom is 0.224 e. The number of nitrogens with one attached hydrogen (secondary N) is 10. The lowest BCUT2D eigenvalue weighted by Gasteiger charge is -2.28. The van der Waals surface area contributed by atoms with Crippen LogP contribution in [0.5, 0.6) is 5.75 Å². The zero-order valence-electron chi connectivity index (χ0n) is 89.2. The highest BCUT2D eigenvalue weighted by molar-refractivity contribution is 6.00. The monoisotopic (exact) mass is 2050 g/mol. The van der Waals surface area contributed by atoms with E-state index in [0.717, 1.165) is 30.4 Å². The van der Waals surface area contributed by atoms with Crippen LogP contribution in [0.25, 0.3) is 0 Å². The number of primary amides is 1. The van der Waals surface area contributed by atoms with Crippen molar-refractivity contribution in [2.45, 2.75) is 357 Å². The summed E-state index contributed by atoms with van der Waals surface area (Å²) in [6, 6.07) is 8.58. The predicted molar refractivity (Wildman–Crippen MR) is 569 cm³/mol. The van der Waals surface area contributed by atoms with Crippen LogP contribution in [0.4, 0.5) is 0 Å².